The van der Waals surface area contributed by atoms with Crippen molar-refractivity contribution in [3.63, 3.8) is 0 Å². The first-order valence-corrected chi connectivity index (χ1v) is 14.6. The number of carbonyl (C=O) groups is 2. The molecule has 10 heteroatoms. The standard InChI is InChI=1S/C27H38N4O5S/c1-19-17-22(25(32)28-12-15-36-3)18-20(2)23(19)9-16-37(34,35)31-13-10-27(11-14-31)26(33)29-24(30-27)21-7-5-4-6-8-21/h9,16-18,21H,4-8,10-15H2,1-3H3,(H,28,32)(H,29,30,33)/b16-9+. The molecule has 1 aromatic carbocycles. The van der Waals surface area contributed by atoms with E-state index in [0.717, 1.165) is 48.2 Å². The summed E-state index contributed by atoms with van der Waals surface area (Å²) in [5, 5.41) is 7.04. The maximum absolute atomic E-state index is 13.1. The monoisotopic (exact) mass is 530 g/mol. The summed E-state index contributed by atoms with van der Waals surface area (Å²) in [5.74, 6) is 0.843. The third-order valence-corrected chi connectivity index (χ3v) is 9.32. The van der Waals surface area contributed by atoms with Crippen LogP contribution in [0.15, 0.2) is 22.5 Å². The highest BCUT2D eigenvalue weighted by Gasteiger charge is 2.48. The van der Waals surface area contributed by atoms with E-state index < -0.39 is 15.6 Å². The predicted molar refractivity (Wildman–Crippen MR) is 144 cm³/mol. The molecule has 2 heterocycles. The Kier molecular flexibility index (Phi) is 8.50. The van der Waals surface area contributed by atoms with Gasteiger partial charge in [0.1, 0.15) is 11.4 Å². The van der Waals surface area contributed by atoms with Crippen LogP contribution in [0.4, 0.5) is 0 Å². The van der Waals surface area contributed by atoms with Gasteiger partial charge >= 0.3 is 0 Å². The van der Waals surface area contributed by atoms with Gasteiger partial charge in [0.25, 0.3) is 11.8 Å². The molecular formula is C27H38N4O5S. The summed E-state index contributed by atoms with van der Waals surface area (Å²) in [7, 11) is -2.10. The summed E-state index contributed by atoms with van der Waals surface area (Å²) in [6.07, 6.45) is 8.02. The van der Waals surface area contributed by atoms with Crippen molar-refractivity contribution in [2.24, 2.45) is 10.9 Å². The van der Waals surface area contributed by atoms with E-state index in [1.807, 2.05) is 13.8 Å². The number of sulfonamides is 1. The lowest BCUT2D eigenvalue weighted by molar-refractivity contribution is -0.125. The Morgan fingerprint density at radius 3 is 2.46 bits per heavy atom. The van der Waals surface area contributed by atoms with Gasteiger partial charge in [0, 0.05) is 43.6 Å². The number of hydrogen-bond donors (Lipinski definition) is 2. The minimum atomic E-state index is -3.67. The molecule has 0 radical (unpaired) electrons. The molecule has 0 atom stereocenters. The van der Waals surface area contributed by atoms with Gasteiger partial charge in [-0.1, -0.05) is 19.3 Å². The number of amidine groups is 1. The molecule has 37 heavy (non-hydrogen) atoms. The Labute approximate surface area is 219 Å². The van der Waals surface area contributed by atoms with Crippen LogP contribution in [0.25, 0.3) is 6.08 Å². The van der Waals surface area contributed by atoms with E-state index >= 15 is 0 Å². The van der Waals surface area contributed by atoms with Crippen LogP contribution in [0, 0.1) is 19.8 Å². The number of amides is 2. The van der Waals surface area contributed by atoms with Gasteiger partial charge < -0.3 is 15.4 Å². The van der Waals surface area contributed by atoms with E-state index in [1.54, 1.807) is 25.3 Å². The number of aryl methyl sites for hydroxylation is 2. The van der Waals surface area contributed by atoms with Gasteiger partial charge in [-0.25, -0.2) is 8.42 Å². The smallest absolute Gasteiger partial charge is 0.253 e. The van der Waals surface area contributed by atoms with Crippen LogP contribution in [0.3, 0.4) is 0 Å². The predicted octanol–water partition coefficient (Wildman–Crippen LogP) is 2.92. The molecule has 1 aromatic rings. The van der Waals surface area contributed by atoms with E-state index in [2.05, 4.69) is 10.6 Å². The number of benzene rings is 1. The van der Waals surface area contributed by atoms with Crippen molar-refractivity contribution in [3.8, 4) is 0 Å². The molecule has 1 spiro atoms. The first-order valence-electron chi connectivity index (χ1n) is 13.1. The number of hydrogen-bond acceptors (Lipinski definition) is 6. The average molecular weight is 531 g/mol. The molecule has 1 saturated heterocycles. The third kappa shape index (κ3) is 6.13. The lowest BCUT2D eigenvalue weighted by Crippen LogP contribution is -2.50. The molecule has 202 valence electrons. The number of rotatable bonds is 8. The van der Waals surface area contributed by atoms with E-state index in [9.17, 15) is 18.0 Å². The maximum atomic E-state index is 13.1. The minimum Gasteiger partial charge on any atom is -0.383 e. The molecule has 4 rings (SSSR count). The molecule has 2 amide bonds. The van der Waals surface area contributed by atoms with Gasteiger partial charge in [-0.15, -0.1) is 0 Å². The average Bonchev–Trinajstić information content (AvgIpc) is 3.19. The van der Waals surface area contributed by atoms with Gasteiger partial charge in [-0.3, -0.25) is 14.6 Å². The highest BCUT2D eigenvalue weighted by Crippen LogP contribution is 2.35. The second-order valence-corrected chi connectivity index (χ2v) is 12.2. The van der Waals surface area contributed by atoms with Crippen molar-refractivity contribution in [2.45, 2.75) is 64.3 Å². The Balaban J connectivity index is 1.41. The van der Waals surface area contributed by atoms with Crippen molar-refractivity contribution < 1.29 is 22.7 Å². The summed E-state index contributed by atoms with van der Waals surface area (Å²) in [5.41, 5.74) is 2.08. The van der Waals surface area contributed by atoms with E-state index in [-0.39, 0.29) is 24.9 Å². The summed E-state index contributed by atoms with van der Waals surface area (Å²) in [6.45, 7) is 5.06. The Hall–Kier alpha value is -2.56. The van der Waals surface area contributed by atoms with Crippen LogP contribution in [0.5, 0.6) is 0 Å². The van der Waals surface area contributed by atoms with Gasteiger partial charge in [-0.2, -0.15) is 4.31 Å². The van der Waals surface area contributed by atoms with Crippen molar-refractivity contribution in [1.82, 2.24) is 14.9 Å². The number of nitrogens with one attached hydrogen (secondary N) is 2. The molecule has 0 bridgehead atoms. The molecule has 0 aromatic heterocycles. The minimum absolute atomic E-state index is 0.0849. The first kappa shape index (κ1) is 27.5. The maximum Gasteiger partial charge on any atom is 0.253 e. The zero-order valence-electron chi connectivity index (χ0n) is 22.0. The van der Waals surface area contributed by atoms with Crippen molar-refractivity contribution in [1.29, 1.82) is 0 Å². The molecule has 1 saturated carbocycles. The molecule has 0 unspecified atom stereocenters. The summed E-state index contributed by atoms with van der Waals surface area (Å²) in [4.78, 5) is 30.1. The normalized spacial score (nSPS) is 20.8. The summed E-state index contributed by atoms with van der Waals surface area (Å²) < 4.78 is 32.6. The first-order chi connectivity index (χ1) is 17.6. The van der Waals surface area contributed by atoms with E-state index in [0.29, 0.717) is 37.5 Å². The highest BCUT2D eigenvalue weighted by atomic mass is 32.2. The highest BCUT2D eigenvalue weighted by molar-refractivity contribution is 7.92. The molecule has 3 aliphatic rings. The number of methoxy groups -OCH3 is 1. The fraction of sp³-hybridized carbons (Fsp3) is 0.593. The second-order valence-electron chi connectivity index (χ2n) is 10.3. The quantitative estimate of drug-likeness (QED) is 0.501. The fourth-order valence-electron chi connectivity index (χ4n) is 5.54. The third-order valence-electron chi connectivity index (χ3n) is 7.75. The lowest BCUT2D eigenvalue weighted by Gasteiger charge is -2.34. The van der Waals surface area contributed by atoms with E-state index in [4.69, 9.17) is 9.73 Å². The van der Waals surface area contributed by atoms with E-state index in [1.165, 1.54) is 16.1 Å². The van der Waals surface area contributed by atoms with Crippen LogP contribution in [0.1, 0.15) is 72.0 Å². The fourth-order valence-corrected chi connectivity index (χ4v) is 6.71. The zero-order chi connectivity index (χ0) is 26.6. The SMILES string of the molecule is COCCNC(=O)c1cc(C)c(/C=C/S(=O)(=O)N2CCC3(CC2)N=C(C2CCCCC2)NC3=O)c(C)c1. The van der Waals surface area contributed by atoms with Crippen LogP contribution in [-0.4, -0.2) is 69.3 Å². The molecule has 1 aliphatic carbocycles. The number of nitrogens with zero attached hydrogens (tertiary/aromatic N) is 2. The number of aliphatic imine (C=N–C) groups is 1. The number of carbonyl (C=O) groups excluding carboxylic acids is 2. The van der Waals surface area contributed by atoms with Crippen LogP contribution in [-0.2, 0) is 19.6 Å². The van der Waals surface area contributed by atoms with Crippen molar-refractivity contribution in [3.05, 3.63) is 39.8 Å². The van der Waals surface area contributed by atoms with Gasteiger partial charge in [0.2, 0.25) is 10.0 Å². The summed E-state index contributed by atoms with van der Waals surface area (Å²) in [6, 6.07) is 3.51. The molecular weight excluding hydrogens is 492 g/mol. The Bertz CT molecular complexity index is 1170. The number of ether oxygens (including phenoxy) is 1. The Morgan fingerprint density at radius 1 is 1.19 bits per heavy atom. The van der Waals surface area contributed by atoms with Gasteiger partial charge in [0.05, 0.1) is 6.61 Å². The van der Waals surface area contributed by atoms with Crippen LogP contribution < -0.4 is 10.6 Å². The van der Waals surface area contributed by atoms with Gasteiger partial charge in [0.15, 0.2) is 0 Å². The van der Waals surface area contributed by atoms with Crippen LogP contribution >= 0.6 is 0 Å². The Morgan fingerprint density at radius 2 is 1.84 bits per heavy atom. The van der Waals surface area contributed by atoms with Crippen LogP contribution in [0.2, 0.25) is 0 Å². The topological polar surface area (TPSA) is 117 Å². The van der Waals surface area contributed by atoms with Crippen molar-refractivity contribution in [2.75, 3.05) is 33.4 Å². The van der Waals surface area contributed by atoms with Gasteiger partial charge in [-0.05, 0) is 74.4 Å². The zero-order valence-corrected chi connectivity index (χ0v) is 22.8. The molecule has 2 fully saturated rings. The molecule has 2 N–H and O–H groups in total. The summed E-state index contributed by atoms with van der Waals surface area (Å²) >= 11 is 0. The lowest BCUT2D eigenvalue weighted by atomic mass is 9.88. The molecule has 9 nitrogen and oxygen atoms in total. The second kappa shape index (κ2) is 11.4. The largest absolute Gasteiger partial charge is 0.383 e. The molecule has 2 aliphatic heterocycles. The van der Waals surface area contributed by atoms with Crippen molar-refractivity contribution >= 4 is 33.7 Å². The number of piperidine rings is 1.